The zero-order chi connectivity index (χ0) is 16.2. The topological polar surface area (TPSA) is 67.4 Å². The predicted octanol–water partition coefficient (Wildman–Crippen LogP) is 2.85. The van der Waals surface area contributed by atoms with Crippen molar-refractivity contribution in [2.24, 2.45) is 0 Å². The summed E-state index contributed by atoms with van der Waals surface area (Å²) in [5.41, 5.74) is 2.35. The number of carbonyl (C=O) groups is 2. The van der Waals surface area contributed by atoms with Gasteiger partial charge in [-0.2, -0.15) is 0 Å². The van der Waals surface area contributed by atoms with Gasteiger partial charge in [-0.05, 0) is 36.8 Å². The lowest BCUT2D eigenvalue weighted by molar-refractivity contribution is -0.131. The first-order valence-electron chi connectivity index (χ1n) is 8.46. The molecule has 2 N–H and O–H groups in total. The quantitative estimate of drug-likeness (QED) is 0.839. The van der Waals surface area contributed by atoms with Gasteiger partial charge >= 0.3 is 6.09 Å². The van der Waals surface area contributed by atoms with Gasteiger partial charge < -0.3 is 15.4 Å². The number of ether oxygens (including phenoxy) is 1. The Balaban J connectivity index is 1.46. The molecule has 23 heavy (non-hydrogen) atoms. The highest BCUT2D eigenvalue weighted by Crippen LogP contribution is 2.32. The predicted molar refractivity (Wildman–Crippen MR) is 87.0 cm³/mol. The fourth-order valence-corrected chi connectivity index (χ4v) is 3.36. The lowest BCUT2D eigenvalue weighted by Gasteiger charge is -2.33. The van der Waals surface area contributed by atoms with Gasteiger partial charge in [-0.1, -0.05) is 43.5 Å². The van der Waals surface area contributed by atoms with E-state index in [0.717, 1.165) is 5.56 Å². The van der Waals surface area contributed by atoms with Crippen molar-refractivity contribution in [1.29, 1.82) is 0 Å². The van der Waals surface area contributed by atoms with Crippen LogP contribution in [0.2, 0.25) is 0 Å². The van der Waals surface area contributed by atoms with E-state index in [9.17, 15) is 9.59 Å². The fraction of sp³-hybridized carbons (Fsp3) is 0.556. The van der Waals surface area contributed by atoms with Crippen LogP contribution >= 0.6 is 0 Å². The Labute approximate surface area is 136 Å². The minimum absolute atomic E-state index is 0.0372. The standard InChI is InChI=1S/C18H24N2O3/c1-12-16(17(21)19-12)20-18(22)23-11-13-7-9-15(10-8-13)14-5-3-2-4-6-14/h7-10,12,14,16H,2-6,11H2,1H3,(H,19,21)(H,20,22). The minimum Gasteiger partial charge on any atom is -0.445 e. The molecule has 2 atom stereocenters. The Hall–Kier alpha value is -2.04. The van der Waals surface area contributed by atoms with E-state index in [1.807, 2.05) is 19.1 Å². The molecule has 0 aromatic heterocycles. The first kappa shape index (κ1) is 15.8. The SMILES string of the molecule is CC1NC(=O)C1NC(=O)OCc1ccc(C2CCCCC2)cc1. The first-order chi connectivity index (χ1) is 11.1. The third kappa shape index (κ3) is 3.84. The molecular formula is C18H24N2O3. The van der Waals surface area contributed by atoms with Gasteiger partial charge in [0.1, 0.15) is 12.6 Å². The van der Waals surface area contributed by atoms with Crippen LogP contribution in [-0.4, -0.2) is 24.1 Å². The van der Waals surface area contributed by atoms with Gasteiger partial charge in [0, 0.05) is 0 Å². The monoisotopic (exact) mass is 316 g/mol. The summed E-state index contributed by atoms with van der Waals surface area (Å²) in [6.45, 7) is 2.07. The van der Waals surface area contributed by atoms with Crippen molar-refractivity contribution in [2.75, 3.05) is 0 Å². The second kappa shape index (κ2) is 7.02. The first-order valence-corrected chi connectivity index (χ1v) is 8.46. The Morgan fingerprint density at radius 2 is 1.91 bits per heavy atom. The number of benzene rings is 1. The zero-order valence-electron chi connectivity index (χ0n) is 13.5. The van der Waals surface area contributed by atoms with E-state index in [2.05, 4.69) is 22.8 Å². The number of hydrogen-bond donors (Lipinski definition) is 2. The number of hydrogen-bond acceptors (Lipinski definition) is 3. The third-order valence-corrected chi connectivity index (χ3v) is 4.85. The normalized spacial score (nSPS) is 24.5. The second-order valence-corrected chi connectivity index (χ2v) is 6.57. The molecular weight excluding hydrogens is 292 g/mol. The largest absolute Gasteiger partial charge is 0.445 e. The molecule has 0 radical (unpaired) electrons. The molecule has 1 aliphatic carbocycles. The molecule has 2 amide bonds. The molecule has 5 nitrogen and oxygen atoms in total. The fourth-order valence-electron chi connectivity index (χ4n) is 3.36. The molecule has 0 spiro atoms. The second-order valence-electron chi connectivity index (χ2n) is 6.57. The van der Waals surface area contributed by atoms with Crippen LogP contribution in [0.1, 0.15) is 56.1 Å². The molecule has 1 aliphatic heterocycles. The van der Waals surface area contributed by atoms with Crippen LogP contribution in [0, 0.1) is 0 Å². The van der Waals surface area contributed by atoms with Crippen molar-refractivity contribution in [3.63, 3.8) is 0 Å². The Morgan fingerprint density at radius 1 is 1.22 bits per heavy atom. The van der Waals surface area contributed by atoms with Gasteiger partial charge in [-0.15, -0.1) is 0 Å². The van der Waals surface area contributed by atoms with Crippen LogP contribution in [0.4, 0.5) is 4.79 Å². The molecule has 5 heteroatoms. The van der Waals surface area contributed by atoms with E-state index in [-0.39, 0.29) is 18.6 Å². The number of rotatable bonds is 4. The van der Waals surface area contributed by atoms with Crippen molar-refractivity contribution in [1.82, 2.24) is 10.6 Å². The molecule has 2 unspecified atom stereocenters. The summed E-state index contributed by atoms with van der Waals surface area (Å²) in [5.74, 6) is 0.520. The third-order valence-electron chi connectivity index (χ3n) is 4.85. The number of amides is 2. The molecule has 2 fully saturated rings. The van der Waals surface area contributed by atoms with Crippen LogP contribution in [0.5, 0.6) is 0 Å². The van der Waals surface area contributed by atoms with Crippen molar-refractivity contribution in [3.05, 3.63) is 35.4 Å². The van der Waals surface area contributed by atoms with Gasteiger partial charge in [0.05, 0.1) is 6.04 Å². The smallest absolute Gasteiger partial charge is 0.408 e. The van der Waals surface area contributed by atoms with Crippen LogP contribution in [-0.2, 0) is 16.1 Å². The number of nitrogens with one attached hydrogen (secondary N) is 2. The molecule has 1 aromatic rings. The summed E-state index contributed by atoms with van der Waals surface area (Å²) in [7, 11) is 0. The average molecular weight is 316 g/mol. The maximum atomic E-state index is 11.7. The highest BCUT2D eigenvalue weighted by atomic mass is 16.5. The molecule has 1 heterocycles. The molecule has 1 aromatic carbocycles. The van der Waals surface area contributed by atoms with Gasteiger partial charge in [-0.3, -0.25) is 4.79 Å². The summed E-state index contributed by atoms with van der Waals surface area (Å²) in [6, 6.07) is 7.83. The lowest BCUT2D eigenvalue weighted by Crippen LogP contribution is -2.67. The lowest BCUT2D eigenvalue weighted by atomic mass is 9.84. The molecule has 3 rings (SSSR count). The van der Waals surface area contributed by atoms with Crippen LogP contribution < -0.4 is 10.6 Å². The summed E-state index contributed by atoms with van der Waals surface area (Å²) in [4.78, 5) is 23.0. The Kier molecular flexibility index (Phi) is 4.84. The van der Waals surface area contributed by atoms with Gasteiger partial charge in [0.25, 0.3) is 0 Å². The van der Waals surface area contributed by atoms with Gasteiger partial charge in [-0.25, -0.2) is 4.79 Å². The van der Waals surface area contributed by atoms with E-state index in [0.29, 0.717) is 5.92 Å². The van der Waals surface area contributed by atoms with E-state index in [4.69, 9.17) is 4.74 Å². The van der Waals surface area contributed by atoms with Crippen molar-refractivity contribution < 1.29 is 14.3 Å². The molecule has 2 aliphatic rings. The highest BCUT2D eigenvalue weighted by molar-refractivity contribution is 5.92. The maximum Gasteiger partial charge on any atom is 0.408 e. The van der Waals surface area contributed by atoms with E-state index in [1.54, 1.807) is 0 Å². The van der Waals surface area contributed by atoms with Gasteiger partial charge in [0.15, 0.2) is 0 Å². The van der Waals surface area contributed by atoms with Crippen molar-refractivity contribution in [3.8, 4) is 0 Å². The number of alkyl carbamates (subject to hydrolysis) is 1. The number of β-lactam (4-membered cyclic amide) rings is 1. The van der Waals surface area contributed by atoms with Crippen molar-refractivity contribution in [2.45, 2.75) is 63.6 Å². The highest BCUT2D eigenvalue weighted by Gasteiger charge is 2.37. The van der Waals surface area contributed by atoms with E-state index in [1.165, 1.54) is 37.7 Å². The summed E-state index contributed by atoms with van der Waals surface area (Å²) >= 11 is 0. The molecule has 124 valence electrons. The summed E-state index contributed by atoms with van der Waals surface area (Å²) in [5, 5.41) is 5.24. The maximum absolute atomic E-state index is 11.7. The minimum atomic E-state index is -0.548. The van der Waals surface area contributed by atoms with Crippen LogP contribution in [0.25, 0.3) is 0 Å². The van der Waals surface area contributed by atoms with Gasteiger partial charge in [0.2, 0.25) is 5.91 Å². The Morgan fingerprint density at radius 3 is 2.52 bits per heavy atom. The number of carbonyl (C=O) groups excluding carboxylic acids is 2. The molecule has 0 bridgehead atoms. The van der Waals surface area contributed by atoms with Crippen molar-refractivity contribution >= 4 is 12.0 Å². The average Bonchev–Trinajstić information content (AvgIpc) is 2.59. The Bertz CT molecular complexity index is 564. The van der Waals surface area contributed by atoms with E-state index < -0.39 is 12.1 Å². The zero-order valence-corrected chi connectivity index (χ0v) is 13.5. The molecule has 1 saturated heterocycles. The van der Waals surface area contributed by atoms with Crippen LogP contribution in [0.3, 0.4) is 0 Å². The summed E-state index contributed by atoms with van der Waals surface area (Å²) in [6.07, 6.45) is 6.01. The molecule has 1 saturated carbocycles. The van der Waals surface area contributed by atoms with E-state index >= 15 is 0 Å². The van der Waals surface area contributed by atoms with Crippen LogP contribution in [0.15, 0.2) is 24.3 Å². The summed E-state index contributed by atoms with van der Waals surface area (Å²) < 4.78 is 5.19.